The van der Waals surface area contributed by atoms with Crippen LogP contribution in [0, 0.1) is 0 Å². The number of ether oxygens (including phenoxy) is 1. The smallest absolute Gasteiger partial charge is 0.249 e. The molecule has 0 aliphatic carbocycles. The van der Waals surface area contributed by atoms with Gasteiger partial charge in [-0.3, -0.25) is 4.79 Å². The van der Waals surface area contributed by atoms with E-state index < -0.39 is 0 Å². The van der Waals surface area contributed by atoms with Gasteiger partial charge in [-0.1, -0.05) is 0 Å². The number of carbonyl (C=O) groups excluding carboxylic acids is 1. The maximum atomic E-state index is 10.3. The van der Waals surface area contributed by atoms with Crippen LogP contribution in [-0.2, 0) is 9.53 Å². The van der Waals surface area contributed by atoms with Gasteiger partial charge in [-0.25, -0.2) is 0 Å². The largest absolute Gasteiger partial charge is 0.367 e. The Bertz CT molecular complexity index is 130. The number of rotatable bonds is 1. The summed E-state index contributed by atoms with van der Waals surface area (Å²) < 4.78 is 4.89. The average Bonchev–Trinajstić information content (AvgIpc) is 2.13. The Kier molecular flexibility index (Phi) is 0.854. The van der Waals surface area contributed by atoms with Crippen LogP contribution >= 0.6 is 0 Å². The molecule has 8 heavy (non-hydrogen) atoms. The van der Waals surface area contributed by atoms with Crippen molar-refractivity contribution in [2.75, 3.05) is 0 Å². The van der Waals surface area contributed by atoms with E-state index in [-0.39, 0.29) is 17.6 Å². The van der Waals surface area contributed by atoms with Crippen LogP contribution in [0.1, 0.15) is 13.8 Å². The molecule has 1 aliphatic heterocycles. The van der Waals surface area contributed by atoms with E-state index in [2.05, 4.69) is 0 Å². The zero-order chi connectivity index (χ0) is 6.36. The van der Waals surface area contributed by atoms with Crippen molar-refractivity contribution in [3.05, 3.63) is 0 Å². The first-order chi connectivity index (χ1) is 3.54. The van der Waals surface area contributed by atoms with Crippen LogP contribution in [0.15, 0.2) is 0 Å². The first kappa shape index (κ1) is 5.56. The topological polar surface area (TPSA) is 55.6 Å². The highest BCUT2D eigenvalue weighted by molar-refractivity contribution is 5.82. The van der Waals surface area contributed by atoms with Gasteiger partial charge < -0.3 is 10.5 Å². The number of amides is 1. The zero-order valence-corrected chi connectivity index (χ0v) is 4.97. The Hall–Kier alpha value is -0.570. The van der Waals surface area contributed by atoms with Gasteiger partial charge in [-0.15, -0.1) is 0 Å². The van der Waals surface area contributed by atoms with E-state index in [1.807, 2.05) is 13.8 Å². The van der Waals surface area contributed by atoms with Gasteiger partial charge in [0.2, 0.25) is 5.91 Å². The molecule has 0 radical (unpaired) electrons. The summed E-state index contributed by atoms with van der Waals surface area (Å²) in [5, 5.41) is 0. The third-order valence-electron chi connectivity index (χ3n) is 1.25. The second-order valence-corrected chi connectivity index (χ2v) is 2.50. The molecule has 0 saturated carbocycles. The monoisotopic (exact) mass is 115 g/mol. The summed E-state index contributed by atoms with van der Waals surface area (Å²) in [6.07, 6.45) is -0.345. The molecule has 0 aromatic carbocycles. The summed E-state index contributed by atoms with van der Waals surface area (Å²) in [4.78, 5) is 10.3. The first-order valence-electron chi connectivity index (χ1n) is 2.51. The van der Waals surface area contributed by atoms with Crippen LogP contribution in [0.5, 0.6) is 0 Å². The molecule has 0 spiro atoms. The second kappa shape index (κ2) is 1.23. The minimum absolute atomic E-state index is 0.286. The number of hydrogen-bond acceptors (Lipinski definition) is 2. The second-order valence-electron chi connectivity index (χ2n) is 2.50. The van der Waals surface area contributed by atoms with Crippen molar-refractivity contribution >= 4 is 5.91 Å². The van der Waals surface area contributed by atoms with Crippen LogP contribution in [0.2, 0.25) is 0 Å². The minimum atomic E-state index is -0.366. The zero-order valence-electron chi connectivity index (χ0n) is 4.97. The van der Waals surface area contributed by atoms with E-state index in [0.29, 0.717) is 0 Å². The highest BCUT2D eigenvalue weighted by atomic mass is 16.6. The van der Waals surface area contributed by atoms with Gasteiger partial charge in [0.05, 0.1) is 5.60 Å². The molecule has 3 nitrogen and oxygen atoms in total. The molecule has 1 unspecified atom stereocenters. The lowest BCUT2D eigenvalue weighted by Gasteiger charge is -1.87. The highest BCUT2D eigenvalue weighted by Crippen LogP contribution is 2.34. The normalized spacial score (nSPS) is 32.0. The van der Waals surface area contributed by atoms with Crippen LogP contribution in [0.4, 0.5) is 0 Å². The minimum Gasteiger partial charge on any atom is -0.367 e. The van der Waals surface area contributed by atoms with Gasteiger partial charge in [0, 0.05) is 0 Å². The van der Waals surface area contributed by atoms with Gasteiger partial charge in [0.25, 0.3) is 0 Å². The summed E-state index contributed by atoms with van der Waals surface area (Å²) in [5.41, 5.74) is 4.62. The Morgan fingerprint density at radius 3 is 2.12 bits per heavy atom. The molecule has 0 aromatic rings. The fourth-order valence-corrected chi connectivity index (χ4v) is 0.670. The van der Waals surface area contributed by atoms with Crippen LogP contribution in [0.3, 0.4) is 0 Å². The quantitative estimate of drug-likeness (QED) is 0.475. The summed E-state index contributed by atoms with van der Waals surface area (Å²) >= 11 is 0. The predicted octanol–water partition coefficient (Wildman–Crippen LogP) is -0.351. The molecular formula is C5H9NO2. The predicted molar refractivity (Wildman–Crippen MR) is 28.1 cm³/mol. The van der Waals surface area contributed by atoms with Crippen molar-refractivity contribution < 1.29 is 9.53 Å². The Balaban J connectivity index is 2.48. The Labute approximate surface area is 47.8 Å². The molecule has 1 amide bonds. The standard InChI is InChI=1S/C5H9NO2/c1-5(2)3(8-5)4(6)7/h3H,1-2H3,(H2,6,7). The molecule has 2 N–H and O–H groups in total. The molecule has 1 rings (SSSR count). The molecule has 1 atom stereocenters. The van der Waals surface area contributed by atoms with E-state index in [0.717, 1.165) is 0 Å². The molecule has 1 aliphatic rings. The molecule has 3 heteroatoms. The number of primary amides is 1. The van der Waals surface area contributed by atoms with Crippen molar-refractivity contribution in [3.63, 3.8) is 0 Å². The summed E-state index contributed by atoms with van der Waals surface area (Å²) in [5.74, 6) is -0.366. The number of nitrogens with two attached hydrogens (primary N) is 1. The maximum absolute atomic E-state index is 10.3. The number of hydrogen-bond donors (Lipinski definition) is 1. The fourth-order valence-electron chi connectivity index (χ4n) is 0.670. The lowest BCUT2D eigenvalue weighted by molar-refractivity contribution is -0.119. The lowest BCUT2D eigenvalue weighted by Crippen LogP contribution is -2.22. The van der Waals surface area contributed by atoms with Gasteiger partial charge in [-0.2, -0.15) is 0 Å². The highest BCUT2D eigenvalue weighted by Gasteiger charge is 2.51. The molecular weight excluding hydrogens is 106 g/mol. The number of carbonyl (C=O) groups is 1. The van der Waals surface area contributed by atoms with Crippen LogP contribution < -0.4 is 5.73 Å². The van der Waals surface area contributed by atoms with Crippen LogP contribution in [-0.4, -0.2) is 17.6 Å². The van der Waals surface area contributed by atoms with Crippen molar-refractivity contribution in [1.29, 1.82) is 0 Å². The van der Waals surface area contributed by atoms with E-state index >= 15 is 0 Å². The number of epoxide rings is 1. The molecule has 1 heterocycles. The third-order valence-corrected chi connectivity index (χ3v) is 1.25. The first-order valence-corrected chi connectivity index (χ1v) is 2.51. The molecule has 0 bridgehead atoms. The summed E-state index contributed by atoms with van der Waals surface area (Å²) in [6, 6.07) is 0. The molecule has 0 aromatic heterocycles. The van der Waals surface area contributed by atoms with Gasteiger partial charge in [0.15, 0.2) is 6.10 Å². The fraction of sp³-hybridized carbons (Fsp3) is 0.800. The van der Waals surface area contributed by atoms with E-state index in [1.165, 1.54) is 0 Å². The summed E-state index contributed by atoms with van der Waals surface area (Å²) in [7, 11) is 0. The molecule has 46 valence electrons. The maximum Gasteiger partial charge on any atom is 0.249 e. The van der Waals surface area contributed by atoms with Crippen LogP contribution in [0.25, 0.3) is 0 Å². The molecule has 1 fully saturated rings. The average molecular weight is 115 g/mol. The van der Waals surface area contributed by atoms with E-state index in [4.69, 9.17) is 10.5 Å². The third kappa shape index (κ3) is 0.690. The van der Waals surface area contributed by atoms with Gasteiger partial charge >= 0.3 is 0 Å². The van der Waals surface area contributed by atoms with Gasteiger partial charge in [0.1, 0.15) is 0 Å². The van der Waals surface area contributed by atoms with Gasteiger partial charge in [-0.05, 0) is 13.8 Å². The Morgan fingerprint density at radius 2 is 2.12 bits per heavy atom. The van der Waals surface area contributed by atoms with E-state index in [1.54, 1.807) is 0 Å². The van der Waals surface area contributed by atoms with E-state index in [9.17, 15) is 4.79 Å². The summed E-state index contributed by atoms with van der Waals surface area (Å²) in [6.45, 7) is 3.67. The van der Waals surface area contributed by atoms with Crippen molar-refractivity contribution in [2.24, 2.45) is 5.73 Å². The SMILES string of the molecule is CC1(C)OC1C(N)=O. The molecule has 1 saturated heterocycles. The van der Waals surface area contributed by atoms with Crippen molar-refractivity contribution in [1.82, 2.24) is 0 Å². The lowest BCUT2D eigenvalue weighted by atomic mass is 10.1. The van der Waals surface area contributed by atoms with Crippen molar-refractivity contribution in [2.45, 2.75) is 25.6 Å². The Morgan fingerprint density at radius 1 is 1.75 bits per heavy atom. The van der Waals surface area contributed by atoms with Crippen molar-refractivity contribution in [3.8, 4) is 0 Å².